The van der Waals surface area contributed by atoms with E-state index in [-0.39, 0.29) is 17.6 Å². The molecule has 2 aliphatic heterocycles. The molecule has 2 saturated heterocycles. The van der Waals surface area contributed by atoms with Gasteiger partial charge in [-0.2, -0.15) is 4.98 Å². The summed E-state index contributed by atoms with van der Waals surface area (Å²) in [5.74, 6) is 1.90. The van der Waals surface area contributed by atoms with E-state index in [1.807, 2.05) is 32.3 Å². The van der Waals surface area contributed by atoms with Gasteiger partial charge in [0.15, 0.2) is 0 Å². The van der Waals surface area contributed by atoms with Gasteiger partial charge in [-0.3, -0.25) is 5.32 Å². The summed E-state index contributed by atoms with van der Waals surface area (Å²) in [6, 6.07) is 6.25. The van der Waals surface area contributed by atoms with E-state index in [2.05, 4.69) is 52.6 Å². The molecule has 2 fully saturated rings. The van der Waals surface area contributed by atoms with Gasteiger partial charge in [0.05, 0.1) is 5.52 Å². The average molecular weight is 582 g/mol. The highest BCUT2D eigenvalue weighted by molar-refractivity contribution is 7.13. The summed E-state index contributed by atoms with van der Waals surface area (Å²) in [7, 11) is 1.77. The van der Waals surface area contributed by atoms with Gasteiger partial charge in [-0.15, -0.1) is 11.3 Å². The number of carbonyl (C=O) groups excluding carboxylic acids is 1. The van der Waals surface area contributed by atoms with Crippen LogP contribution in [0.3, 0.4) is 0 Å². The second-order valence-electron chi connectivity index (χ2n) is 13.0. The van der Waals surface area contributed by atoms with Crippen LogP contribution in [0.1, 0.15) is 53.9 Å². The Morgan fingerprint density at radius 3 is 2.63 bits per heavy atom. The molecule has 3 aromatic rings. The van der Waals surface area contributed by atoms with Crippen LogP contribution in [0.2, 0.25) is 0 Å². The minimum Gasteiger partial charge on any atom is -0.444 e. The van der Waals surface area contributed by atoms with E-state index in [1.54, 1.807) is 23.3 Å². The number of fused-ring (bicyclic) bond motifs is 1. The molecule has 3 N–H and O–H groups in total. The molecule has 0 bridgehead atoms. The number of anilines is 2. The molecule has 2 atom stereocenters. The van der Waals surface area contributed by atoms with E-state index in [9.17, 15) is 9.90 Å². The van der Waals surface area contributed by atoms with Crippen LogP contribution in [0.5, 0.6) is 0 Å². The number of aromatic nitrogens is 3. The first-order chi connectivity index (χ1) is 19.4. The monoisotopic (exact) mass is 581 g/mol. The molecule has 0 radical (unpaired) electrons. The maximum Gasteiger partial charge on any atom is 0.410 e. The largest absolute Gasteiger partial charge is 0.444 e. The van der Waals surface area contributed by atoms with Crippen molar-refractivity contribution in [3.63, 3.8) is 0 Å². The minimum atomic E-state index is -0.611. The summed E-state index contributed by atoms with van der Waals surface area (Å²) < 4.78 is 5.58. The molecule has 2 aromatic heterocycles. The number of hydrogen-bond donors (Lipinski definition) is 3. The van der Waals surface area contributed by atoms with E-state index in [0.29, 0.717) is 31.4 Å². The van der Waals surface area contributed by atoms with Crippen molar-refractivity contribution in [2.45, 2.75) is 71.8 Å². The van der Waals surface area contributed by atoms with Crippen LogP contribution >= 0.6 is 11.3 Å². The molecule has 4 heterocycles. The number of thiazole rings is 1. The van der Waals surface area contributed by atoms with Gasteiger partial charge in [0.1, 0.15) is 22.7 Å². The molecular weight excluding hydrogens is 538 g/mol. The maximum absolute atomic E-state index is 12.6. The SMILES string of the molecule is CNC(O)C[C@H](CC(C)C)Nc1nc(N2CCC3(CN(C(=O)OC(C)(C)C)C3)C2)nc2cc(-c3nccs3)ccc12. The van der Waals surface area contributed by atoms with E-state index in [0.717, 1.165) is 53.2 Å². The Labute approximate surface area is 246 Å². The zero-order valence-electron chi connectivity index (χ0n) is 25.0. The number of aliphatic hydroxyl groups excluding tert-OH is 1. The van der Waals surface area contributed by atoms with Crippen molar-refractivity contribution in [1.29, 1.82) is 0 Å². The molecule has 1 unspecified atom stereocenters. The van der Waals surface area contributed by atoms with E-state index in [4.69, 9.17) is 14.7 Å². The number of nitrogens with zero attached hydrogens (tertiary/aromatic N) is 5. The Balaban J connectivity index is 1.42. The Kier molecular flexibility index (Phi) is 8.41. The van der Waals surface area contributed by atoms with Gasteiger partial charge >= 0.3 is 6.09 Å². The number of amides is 1. The summed E-state index contributed by atoms with van der Waals surface area (Å²) in [5.41, 5.74) is 1.41. The standard InChI is InChI=1S/C30H43N7O3S/c1-19(2)13-21(15-24(38)31-6)33-25-22-8-7-20(26-32-10-12-41-26)14-23(22)34-27(35-25)36-11-9-30(16-36)17-37(18-30)28(39)40-29(3,4)5/h7-8,10,12,14,19,21,24,31,38H,9,11,13,15-18H2,1-6H3,(H,33,34,35)/t21-,24?/m0/s1. The number of aliphatic hydroxyl groups is 1. The summed E-state index contributed by atoms with van der Waals surface area (Å²) in [5, 5.41) is 20.9. The van der Waals surface area contributed by atoms with Crippen LogP contribution < -0.4 is 15.5 Å². The average Bonchev–Trinajstić information content (AvgIpc) is 3.57. The first kappa shape index (κ1) is 29.5. The number of rotatable bonds is 9. The van der Waals surface area contributed by atoms with Crippen LogP contribution in [-0.4, -0.2) is 82.1 Å². The summed E-state index contributed by atoms with van der Waals surface area (Å²) in [6.45, 7) is 13.0. The fraction of sp³-hybridized carbons (Fsp3) is 0.600. The molecule has 222 valence electrons. The second-order valence-corrected chi connectivity index (χ2v) is 13.9. The Bertz CT molecular complexity index is 1350. The number of benzene rings is 1. The van der Waals surface area contributed by atoms with E-state index in [1.165, 1.54) is 0 Å². The first-order valence-electron chi connectivity index (χ1n) is 14.5. The lowest BCUT2D eigenvalue weighted by atomic mass is 9.79. The van der Waals surface area contributed by atoms with Gasteiger partial charge in [0.2, 0.25) is 5.95 Å². The fourth-order valence-electron chi connectivity index (χ4n) is 5.81. The van der Waals surface area contributed by atoms with Crippen molar-refractivity contribution < 1.29 is 14.6 Å². The third-order valence-electron chi connectivity index (χ3n) is 7.73. The van der Waals surface area contributed by atoms with Crippen LogP contribution in [0.25, 0.3) is 21.5 Å². The van der Waals surface area contributed by atoms with Crippen LogP contribution in [0, 0.1) is 11.3 Å². The molecule has 1 amide bonds. The highest BCUT2D eigenvalue weighted by Crippen LogP contribution is 2.42. The molecule has 41 heavy (non-hydrogen) atoms. The van der Waals surface area contributed by atoms with Gasteiger partial charge < -0.3 is 25.0 Å². The Hall–Kier alpha value is -3.02. The topological polar surface area (TPSA) is 116 Å². The normalized spacial score (nSPS) is 18.1. The molecule has 0 aliphatic carbocycles. The molecule has 5 rings (SSSR count). The zero-order chi connectivity index (χ0) is 29.4. The molecule has 2 aliphatic rings. The van der Waals surface area contributed by atoms with Crippen molar-refractivity contribution in [2.24, 2.45) is 11.3 Å². The van der Waals surface area contributed by atoms with Crippen molar-refractivity contribution in [3.05, 3.63) is 29.8 Å². The van der Waals surface area contributed by atoms with E-state index < -0.39 is 11.8 Å². The van der Waals surface area contributed by atoms with Gasteiger partial charge in [-0.05, 0) is 58.7 Å². The lowest BCUT2D eigenvalue weighted by Crippen LogP contribution is -2.60. The molecule has 11 heteroatoms. The first-order valence-corrected chi connectivity index (χ1v) is 15.4. The highest BCUT2D eigenvalue weighted by atomic mass is 32.1. The molecular formula is C30H43N7O3S. The highest BCUT2D eigenvalue weighted by Gasteiger charge is 2.50. The molecule has 1 aromatic carbocycles. The smallest absolute Gasteiger partial charge is 0.410 e. The van der Waals surface area contributed by atoms with E-state index >= 15 is 0 Å². The maximum atomic E-state index is 12.6. The predicted molar refractivity (Wildman–Crippen MR) is 164 cm³/mol. The summed E-state index contributed by atoms with van der Waals surface area (Å²) >= 11 is 1.60. The van der Waals surface area contributed by atoms with Crippen molar-refractivity contribution in [3.8, 4) is 10.6 Å². The van der Waals surface area contributed by atoms with Crippen LogP contribution in [0.15, 0.2) is 29.8 Å². The minimum absolute atomic E-state index is 0.0287. The lowest BCUT2D eigenvalue weighted by Gasteiger charge is -2.47. The zero-order valence-corrected chi connectivity index (χ0v) is 25.8. The quantitative estimate of drug-likeness (QED) is 0.302. The van der Waals surface area contributed by atoms with Gasteiger partial charge in [-0.25, -0.2) is 14.8 Å². The summed E-state index contributed by atoms with van der Waals surface area (Å²) in [4.78, 5) is 31.2. The van der Waals surface area contributed by atoms with Gasteiger partial charge in [0.25, 0.3) is 0 Å². The molecule has 1 spiro atoms. The number of hydrogen-bond acceptors (Lipinski definition) is 10. The van der Waals surface area contributed by atoms with Crippen LogP contribution in [0.4, 0.5) is 16.6 Å². The number of likely N-dealkylation sites (tertiary alicyclic amines) is 1. The lowest BCUT2D eigenvalue weighted by molar-refractivity contribution is -0.0266. The van der Waals surface area contributed by atoms with Crippen molar-refractivity contribution in [1.82, 2.24) is 25.2 Å². The van der Waals surface area contributed by atoms with Crippen molar-refractivity contribution in [2.75, 3.05) is 43.4 Å². The molecule has 0 saturated carbocycles. The predicted octanol–water partition coefficient (Wildman–Crippen LogP) is 4.96. The van der Waals surface area contributed by atoms with Gasteiger partial charge in [-0.1, -0.05) is 19.9 Å². The fourth-order valence-corrected chi connectivity index (χ4v) is 6.45. The van der Waals surface area contributed by atoms with Crippen LogP contribution in [-0.2, 0) is 4.74 Å². The number of ether oxygens (including phenoxy) is 1. The number of nitrogens with one attached hydrogen (secondary N) is 2. The third kappa shape index (κ3) is 6.90. The Morgan fingerprint density at radius 2 is 1.98 bits per heavy atom. The number of carbonyl (C=O) groups is 1. The summed E-state index contributed by atoms with van der Waals surface area (Å²) in [6.07, 6.45) is 3.38. The second kappa shape index (κ2) is 11.7. The van der Waals surface area contributed by atoms with Crippen molar-refractivity contribution >= 4 is 40.1 Å². The Morgan fingerprint density at radius 1 is 1.20 bits per heavy atom. The van der Waals surface area contributed by atoms with Gasteiger partial charge in [0, 0.05) is 66.6 Å². The third-order valence-corrected chi connectivity index (χ3v) is 8.55. The molecule has 10 nitrogen and oxygen atoms in total.